The molecule has 1 N–H and O–H groups in total. The maximum Gasteiger partial charge on any atom is 0.294 e. The summed E-state index contributed by atoms with van der Waals surface area (Å²) in [5, 5.41) is 2.91. The predicted molar refractivity (Wildman–Crippen MR) is 110 cm³/mol. The largest absolute Gasteiger partial charge is 0.347 e. The Morgan fingerprint density at radius 1 is 1.10 bits per heavy atom. The third-order valence-corrected chi connectivity index (χ3v) is 5.17. The van der Waals surface area contributed by atoms with Gasteiger partial charge in [0.2, 0.25) is 5.82 Å². The Hall–Kier alpha value is -3.48. The fraction of sp³-hybridized carbons (Fsp3) is 0.273. The van der Waals surface area contributed by atoms with Crippen molar-refractivity contribution in [2.75, 3.05) is 11.9 Å². The van der Waals surface area contributed by atoms with Gasteiger partial charge in [-0.05, 0) is 49.1 Å². The number of hydrogen-bond acceptors (Lipinski definition) is 4. The first kappa shape index (κ1) is 18.9. The number of anilines is 1. The monoisotopic (exact) mass is 389 g/mol. The minimum Gasteiger partial charge on any atom is -0.347 e. The summed E-state index contributed by atoms with van der Waals surface area (Å²) >= 11 is 0. The second-order valence-electron chi connectivity index (χ2n) is 7.08. The number of nitrogens with one attached hydrogen (secondary N) is 1. The summed E-state index contributed by atoms with van der Waals surface area (Å²) in [6.45, 7) is 1.09. The molecule has 7 nitrogen and oxygen atoms in total. The Morgan fingerprint density at radius 2 is 1.86 bits per heavy atom. The Labute approximate surface area is 169 Å². The molecule has 4 rings (SSSR count). The molecule has 0 bridgehead atoms. The van der Waals surface area contributed by atoms with Crippen molar-refractivity contribution in [2.24, 2.45) is 0 Å². The lowest BCUT2D eigenvalue weighted by molar-refractivity contribution is 0.0945. The third-order valence-electron chi connectivity index (χ3n) is 5.17. The van der Waals surface area contributed by atoms with Gasteiger partial charge < -0.3 is 14.8 Å². The van der Waals surface area contributed by atoms with Gasteiger partial charge in [-0.15, -0.1) is 0 Å². The standard InChI is InChI=1S/C22H23N5O2/c1-26(17-7-3-2-4-8-17)22(29)20-25-19(18-9-5-6-14-27(18)20)21(28)24-15-16-10-12-23-13-11-16/h2-4,7-8,10-13H,5-6,9,14-15H2,1H3,(H,24,28). The van der Waals surface area contributed by atoms with E-state index in [0.29, 0.717) is 24.6 Å². The van der Waals surface area contributed by atoms with Crippen molar-refractivity contribution in [3.8, 4) is 0 Å². The summed E-state index contributed by atoms with van der Waals surface area (Å²) < 4.78 is 1.91. The molecule has 2 aromatic heterocycles. The molecule has 1 aromatic carbocycles. The first-order valence-electron chi connectivity index (χ1n) is 9.75. The molecule has 1 aliphatic heterocycles. The van der Waals surface area contributed by atoms with E-state index in [1.807, 2.05) is 47.0 Å². The average Bonchev–Trinajstić information content (AvgIpc) is 3.17. The molecule has 0 aliphatic carbocycles. The molecule has 3 aromatic rings. The molecule has 0 atom stereocenters. The van der Waals surface area contributed by atoms with Gasteiger partial charge in [-0.3, -0.25) is 14.6 Å². The van der Waals surface area contributed by atoms with Crippen molar-refractivity contribution in [3.63, 3.8) is 0 Å². The zero-order valence-corrected chi connectivity index (χ0v) is 16.3. The van der Waals surface area contributed by atoms with Crippen LogP contribution in [0.4, 0.5) is 5.69 Å². The van der Waals surface area contributed by atoms with Crippen LogP contribution in [0, 0.1) is 0 Å². The zero-order chi connectivity index (χ0) is 20.2. The zero-order valence-electron chi connectivity index (χ0n) is 16.3. The van der Waals surface area contributed by atoms with E-state index in [1.54, 1.807) is 24.3 Å². The van der Waals surface area contributed by atoms with E-state index >= 15 is 0 Å². The molecule has 2 amide bonds. The molecule has 29 heavy (non-hydrogen) atoms. The van der Waals surface area contributed by atoms with Crippen LogP contribution >= 0.6 is 0 Å². The van der Waals surface area contributed by atoms with Crippen molar-refractivity contribution < 1.29 is 9.59 Å². The minimum absolute atomic E-state index is 0.215. The van der Waals surface area contributed by atoms with E-state index in [-0.39, 0.29) is 11.8 Å². The number of fused-ring (bicyclic) bond motifs is 1. The average molecular weight is 389 g/mol. The van der Waals surface area contributed by atoms with Gasteiger partial charge in [0, 0.05) is 38.2 Å². The predicted octanol–water partition coefficient (Wildman–Crippen LogP) is 2.82. The van der Waals surface area contributed by atoms with Gasteiger partial charge in [0.25, 0.3) is 11.8 Å². The Morgan fingerprint density at radius 3 is 2.62 bits per heavy atom. The second kappa shape index (κ2) is 8.26. The number of hydrogen-bond donors (Lipinski definition) is 1. The lowest BCUT2D eigenvalue weighted by Crippen LogP contribution is -2.30. The van der Waals surface area contributed by atoms with Crippen LogP contribution in [0.1, 0.15) is 45.2 Å². The van der Waals surface area contributed by atoms with Gasteiger partial charge in [-0.25, -0.2) is 4.98 Å². The highest BCUT2D eigenvalue weighted by molar-refractivity contribution is 6.05. The molecular formula is C22H23N5O2. The maximum atomic E-state index is 13.1. The number of aromatic nitrogens is 3. The fourth-order valence-corrected chi connectivity index (χ4v) is 3.57. The van der Waals surface area contributed by atoms with Gasteiger partial charge in [0.15, 0.2) is 0 Å². The summed E-state index contributed by atoms with van der Waals surface area (Å²) in [5.41, 5.74) is 2.94. The van der Waals surface area contributed by atoms with Crippen LogP contribution in [-0.2, 0) is 19.5 Å². The number of rotatable bonds is 5. The minimum atomic E-state index is -0.256. The molecule has 0 fully saturated rings. The smallest absolute Gasteiger partial charge is 0.294 e. The molecule has 0 radical (unpaired) electrons. The first-order chi connectivity index (χ1) is 14.1. The molecule has 0 unspecified atom stereocenters. The molecule has 0 saturated heterocycles. The van der Waals surface area contributed by atoms with E-state index in [4.69, 9.17) is 0 Å². The fourth-order valence-electron chi connectivity index (χ4n) is 3.57. The summed E-state index contributed by atoms with van der Waals surface area (Å²) in [4.78, 5) is 36.0. The molecule has 1 aliphatic rings. The van der Waals surface area contributed by atoms with Gasteiger partial charge in [-0.2, -0.15) is 0 Å². The lowest BCUT2D eigenvalue weighted by Gasteiger charge is -2.20. The number of carbonyl (C=O) groups is 2. The van der Waals surface area contributed by atoms with Crippen LogP contribution in [0.5, 0.6) is 0 Å². The Bertz CT molecular complexity index is 1010. The number of benzene rings is 1. The van der Waals surface area contributed by atoms with Crippen LogP contribution in [0.3, 0.4) is 0 Å². The Kier molecular flexibility index (Phi) is 5.37. The molecule has 7 heteroatoms. The number of pyridine rings is 1. The summed E-state index contributed by atoms with van der Waals surface area (Å²) in [5.74, 6) is -0.151. The topological polar surface area (TPSA) is 80.1 Å². The van der Waals surface area contributed by atoms with Gasteiger partial charge in [-0.1, -0.05) is 18.2 Å². The van der Waals surface area contributed by atoms with Gasteiger partial charge in [0.05, 0.1) is 5.69 Å². The number of nitrogens with zero attached hydrogens (tertiary/aromatic N) is 4. The molecule has 0 saturated carbocycles. The summed E-state index contributed by atoms with van der Waals surface area (Å²) in [7, 11) is 1.73. The molecule has 3 heterocycles. The molecular weight excluding hydrogens is 366 g/mol. The highest BCUT2D eigenvalue weighted by Gasteiger charge is 2.29. The van der Waals surface area contributed by atoms with Crippen LogP contribution in [-0.4, -0.2) is 33.4 Å². The summed E-state index contributed by atoms with van der Waals surface area (Å²) in [6.07, 6.45) is 6.08. The number of para-hydroxylation sites is 1. The van der Waals surface area contributed by atoms with E-state index in [9.17, 15) is 9.59 Å². The number of imidazole rings is 1. The highest BCUT2D eigenvalue weighted by Crippen LogP contribution is 2.23. The SMILES string of the molecule is CN(C(=O)c1nc(C(=O)NCc2ccncc2)c2n1CCCC2)c1ccccc1. The van der Waals surface area contributed by atoms with Crippen LogP contribution < -0.4 is 10.2 Å². The Balaban J connectivity index is 1.60. The third kappa shape index (κ3) is 3.89. The van der Waals surface area contributed by atoms with E-state index in [1.165, 1.54) is 0 Å². The van der Waals surface area contributed by atoms with Crippen LogP contribution in [0.15, 0.2) is 54.9 Å². The van der Waals surface area contributed by atoms with Crippen molar-refractivity contribution in [1.29, 1.82) is 0 Å². The van der Waals surface area contributed by atoms with Gasteiger partial charge >= 0.3 is 0 Å². The summed E-state index contributed by atoms with van der Waals surface area (Å²) in [6, 6.07) is 13.1. The van der Waals surface area contributed by atoms with Crippen molar-refractivity contribution in [2.45, 2.75) is 32.4 Å². The molecule has 148 valence electrons. The van der Waals surface area contributed by atoms with E-state index in [0.717, 1.165) is 36.2 Å². The lowest BCUT2D eigenvalue weighted by atomic mass is 10.1. The van der Waals surface area contributed by atoms with Crippen molar-refractivity contribution in [1.82, 2.24) is 19.9 Å². The maximum absolute atomic E-state index is 13.1. The van der Waals surface area contributed by atoms with Gasteiger partial charge in [0.1, 0.15) is 5.69 Å². The van der Waals surface area contributed by atoms with E-state index in [2.05, 4.69) is 15.3 Å². The normalized spacial score (nSPS) is 12.9. The van der Waals surface area contributed by atoms with Crippen molar-refractivity contribution in [3.05, 3.63) is 77.6 Å². The first-order valence-corrected chi connectivity index (χ1v) is 9.75. The van der Waals surface area contributed by atoms with Crippen LogP contribution in [0.25, 0.3) is 0 Å². The molecule has 0 spiro atoms. The number of carbonyl (C=O) groups excluding carboxylic acids is 2. The number of amides is 2. The quantitative estimate of drug-likeness (QED) is 0.728. The van der Waals surface area contributed by atoms with Crippen molar-refractivity contribution >= 4 is 17.5 Å². The van der Waals surface area contributed by atoms with E-state index < -0.39 is 0 Å². The van der Waals surface area contributed by atoms with Crippen LogP contribution in [0.2, 0.25) is 0 Å². The second-order valence-corrected chi connectivity index (χ2v) is 7.08. The highest BCUT2D eigenvalue weighted by atomic mass is 16.2.